The summed E-state index contributed by atoms with van der Waals surface area (Å²) in [4.78, 5) is 32.8. The molecule has 0 spiro atoms. The summed E-state index contributed by atoms with van der Waals surface area (Å²) in [6.45, 7) is -0.382. The van der Waals surface area contributed by atoms with E-state index in [1.807, 2.05) is 0 Å². The quantitative estimate of drug-likeness (QED) is 0.414. The second-order valence-electron chi connectivity index (χ2n) is 4.49. The van der Waals surface area contributed by atoms with E-state index in [9.17, 15) is 19.1 Å². The van der Waals surface area contributed by atoms with Gasteiger partial charge >= 0.3 is 59.1 Å². The number of carbonyl (C=O) groups is 1. The van der Waals surface area contributed by atoms with Gasteiger partial charge in [0.2, 0.25) is 5.91 Å². The van der Waals surface area contributed by atoms with E-state index in [2.05, 4.69) is 9.84 Å². The van der Waals surface area contributed by atoms with Crippen LogP contribution in [0.25, 0.3) is 0 Å². The Morgan fingerprint density at radius 3 is 2.33 bits per heavy atom. The molecule has 0 radical (unpaired) electrons. The predicted molar refractivity (Wildman–Crippen MR) is 63.6 cm³/mol. The second-order valence-corrected chi connectivity index (χ2v) is 5.64. The van der Waals surface area contributed by atoms with Crippen LogP contribution < -0.4 is 74.2 Å². The third kappa shape index (κ3) is 8.28. The van der Waals surface area contributed by atoms with E-state index in [0.717, 1.165) is 12.8 Å². The largest absolute Gasteiger partial charge is 1.00 e. The molecule has 1 aromatic rings. The Labute approximate surface area is 167 Å². The van der Waals surface area contributed by atoms with Crippen LogP contribution >= 0.6 is 7.82 Å². The van der Waals surface area contributed by atoms with Crippen molar-refractivity contribution < 1.29 is 82.8 Å². The van der Waals surface area contributed by atoms with Gasteiger partial charge in [0.1, 0.15) is 0 Å². The van der Waals surface area contributed by atoms with Crippen LogP contribution in [0.15, 0.2) is 30.3 Å². The van der Waals surface area contributed by atoms with Crippen LogP contribution in [0.4, 0.5) is 0 Å². The summed E-state index contributed by atoms with van der Waals surface area (Å²) in [6, 6.07) is 8.17. The van der Waals surface area contributed by atoms with Gasteiger partial charge in [-0.25, -0.2) is 0 Å². The zero-order valence-electron chi connectivity index (χ0n) is 12.2. The number of nitrogens with one attached hydrogen (secondary N) is 1. The van der Waals surface area contributed by atoms with Gasteiger partial charge in [-0.1, -0.05) is 30.3 Å². The molecule has 0 aliphatic heterocycles. The third-order valence-electron chi connectivity index (χ3n) is 2.87. The first-order valence-corrected chi connectivity index (χ1v) is 7.44. The third-order valence-corrected chi connectivity index (χ3v) is 3.33. The van der Waals surface area contributed by atoms with E-state index in [4.69, 9.17) is 0 Å². The molecule has 6 nitrogen and oxygen atoms in total. The predicted octanol–water partition coefficient (Wildman–Crippen LogP) is -5.89. The molecule has 0 heterocycles. The fraction of sp³-hybridized carbons (Fsp3) is 0.417. The normalized spacial score (nSPS) is 15.3. The molecule has 1 saturated carbocycles. The molecule has 21 heavy (non-hydrogen) atoms. The second kappa shape index (κ2) is 9.83. The molecule has 2 rings (SSSR count). The van der Waals surface area contributed by atoms with E-state index in [1.165, 1.54) is 0 Å². The Hall–Kier alpha value is 0.800. The average Bonchev–Trinajstić information content (AvgIpc) is 3.18. The minimum absolute atomic E-state index is 0. The van der Waals surface area contributed by atoms with E-state index < -0.39 is 13.9 Å². The van der Waals surface area contributed by atoms with Crippen molar-refractivity contribution in [1.82, 2.24) is 5.32 Å². The molecule has 0 aromatic heterocycles. The van der Waals surface area contributed by atoms with Crippen molar-refractivity contribution in [2.45, 2.75) is 18.9 Å². The van der Waals surface area contributed by atoms with Crippen LogP contribution in [-0.4, -0.2) is 12.5 Å². The standard InChI is InChI=1S/C12H16NO5P.2Na/c14-12(10-6-7-10)13-11(8-18-19(15,16)17)9-4-2-1-3-5-9;;/h1-5,10-11H,6-8H2,(H,13,14)(H2,15,16,17);;/q;2*+1/p-2/t11-;;/m0../s1. The number of hydrogen-bond acceptors (Lipinski definition) is 5. The summed E-state index contributed by atoms with van der Waals surface area (Å²) in [5, 5.41) is 2.70. The molecule has 1 N–H and O–H groups in total. The summed E-state index contributed by atoms with van der Waals surface area (Å²) >= 11 is 0. The van der Waals surface area contributed by atoms with Crippen molar-refractivity contribution in [3.63, 3.8) is 0 Å². The number of carbonyl (C=O) groups excluding carboxylic acids is 1. The number of phosphoric acid groups is 1. The summed E-state index contributed by atoms with van der Waals surface area (Å²) in [5.41, 5.74) is 0.699. The molecule has 0 unspecified atom stereocenters. The van der Waals surface area contributed by atoms with Crippen molar-refractivity contribution >= 4 is 13.7 Å². The molecule has 104 valence electrons. The summed E-state index contributed by atoms with van der Waals surface area (Å²) in [5.74, 6) is -0.137. The maximum Gasteiger partial charge on any atom is 1.00 e. The summed E-state index contributed by atoms with van der Waals surface area (Å²) in [6.07, 6.45) is 1.69. The molecule has 0 bridgehead atoms. The van der Waals surface area contributed by atoms with Crippen LogP contribution in [0, 0.1) is 5.92 Å². The maximum atomic E-state index is 11.7. The van der Waals surface area contributed by atoms with Gasteiger partial charge in [0.15, 0.2) is 0 Å². The summed E-state index contributed by atoms with van der Waals surface area (Å²) in [7, 11) is -5.04. The van der Waals surface area contributed by atoms with E-state index in [0.29, 0.717) is 5.56 Å². The Morgan fingerprint density at radius 1 is 1.29 bits per heavy atom. The fourth-order valence-electron chi connectivity index (χ4n) is 1.71. The fourth-order valence-corrected chi connectivity index (χ4v) is 2.04. The Morgan fingerprint density at radius 2 is 1.86 bits per heavy atom. The molecule has 1 fully saturated rings. The monoisotopic (exact) mass is 329 g/mol. The Bertz CT molecular complexity index is 492. The first-order chi connectivity index (χ1) is 8.96. The molecule has 1 aromatic carbocycles. The molecule has 1 aliphatic rings. The first-order valence-electron chi connectivity index (χ1n) is 5.97. The molecule has 0 saturated heterocycles. The maximum absolute atomic E-state index is 11.7. The van der Waals surface area contributed by atoms with E-state index in [-0.39, 0.29) is 77.5 Å². The Balaban J connectivity index is 0.00000200. The molecule has 9 heteroatoms. The van der Waals surface area contributed by atoms with Crippen molar-refractivity contribution in [3.05, 3.63) is 35.9 Å². The molecule has 1 amide bonds. The van der Waals surface area contributed by atoms with Gasteiger partial charge < -0.3 is 24.2 Å². The van der Waals surface area contributed by atoms with Crippen molar-refractivity contribution in [2.24, 2.45) is 5.92 Å². The van der Waals surface area contributed by atoms with Gasteiger partial charge in [0, 0.05) is 5.92 Å². The minimum Gasteiger partial charge on any atom is -0.790 e. The van der Waals surface area contributed by atoms with Crippen molar-refractivity contribution in [1.29, 1.82) is 0 Å². The van der Waals surface area contributed by atoms with Crippen molar-refractivity contribution in [2.75, 3.05) is 6.61 Å². The molecule has 1 atom stereocenters. The Kier molecular flexibility index (Phi) is 10.2. The van der Waals surface area contributed by atoms with Crippen LogP contribution in [0.3, 0.4) is 0 Å². The van der Waals surface area contributed by atoms with Gasteiger partial charge in [-0.2, -0.15) is 0 Å². The van der Waals surface area contributed by atoms with Gasteiger partial charge in [-0.15, -0.1) is 0 Å². The number of phosphoric ester groups is 1. The van der Waals surface area contributed by atoms with Crippen LogP contribution in [0.2, 0.25) is 0 Å². The smallest absolute Gasteiger partial charge is 0.790 e. The SMILES string of the molecule is O=C(N[C@@H](COP(=O)([O-])[O-])c1ccccc1)C1CC1.[Na+].[Na+]. The molecular weight excluding hydrogens is 315 g/mol. The van der Waals surface area contributed by atoms with E-state index in [1.54, 1.807) is 30.3 Å². The van der Waals surface area contributed by atoms with Gasteiger partial charge in [-0.3, -0.25) is 4.79 Å². The first kappa shape index (κ1) is 21.8. The van der Waals surface area contributed by atoms with E-state index >= 15 is 0 Å². The number of hydrogen-bond donors (Lipinski definition) is 1. The number of benzene rings is 1. The van der Waals surface area contributed by atoms with Crippen LogP contribution in [0.5, 0.6) is 0 Å². The number of amides is 1. The zero-order valence-corrected chi connectivity index (χ0v) is 17.0. The van der Waals surface area contributed by atoms with Gasteiger partial charge in [-0.05, 0) is 18.4 Å². The average molecular weight is 329 g/mol. The van der Waals surface area contributed by atoms with Gasteiger partial charge in [0.25, 0.3) is 0 Å². The topological polar surface area (TPSA) is 102 Å². The van der Waals surface area contributed by atoms with Crippen LogP contribution in [-0.2, 0) is 13.9 Å². The molecular formula is C12H14NNa2O5P. The van der Waals surface area contributed by atoms with Crippen LogP contribution in [0.1, 0.15) is 24.4 Å². The number of rotatable bonds is 6. The molecule has 1 aliphatic carbocycles. The van der Waals surface area contributed by atoms with Crippen molar-refractivity contribution in [3.8, 4) is 0 Å². The summed E-state index contributed by atoms with van der Waals surface area (Å²) < 4.78 is 14.8. The van der Waals surface area contributed by atoms with Gasteiger partial charge in [0.05, 0.1) is 20.5 Å². The minimum atomic E-state index is -5.04. The zero-order chi connectivity index (χ0) is 13.9.